The van der Waals surface area contributed by atoms with E-state index in [1.54, 1.807) is 19.2 Å². The van der Waals surface area contributed by atoms with Gasteiger partial charge in [0, 0.05) is 23.2 Å². The van der Waals surface area contributed by atoms with Gasteiger partial charge in [-0.05, 0) is 34.1 Å². The van der Waals surface area contributed by atoms with Crippen molar-refractivity contribution in [2.24, 2.45) is 0 Å². The zero-order chi connectivity index (χ0) is 15.4. The monoisotopic (exact) mass is 414 g/mol. The number of nitrogens with zero attached hydrogens (tertiary/aromatic N) is 1. The first kappa shape index (κ1) is 15.8. The van der Waals surface area contributed by atoms with Crippen molar-refractivity contribution in [2.45, 2.75) is 6.61 Å². The molecule has 7 heteroatoms. The van der Waals surface area contributed by atoms with Crippen LogP contribution in [0.5, 0.6) is 5.75 Å². The van der Waals surface area contributed by atoms with Crippen molar-refractivity contribution in [3.05, 3.63) is 61.0 Å². The van der Waals surface area contributed by atoms with Gasteiger partial charge in [0.1, 0.15) is 18.0 Å². The summed E-state index contributed by atoms with van der Waals surface area (Å²) in [6, 6.07) is 10.5. The fourth-order valence-electron chi connectivity index (χ4n) is 1.90. The average molecular weight is 416 g/mol. The van der Waals surface area contributed by atoms with Gasteiger partial charge in [0.05, 0.1) is 9.40 Å². The van der Waals surface area contributed by atoms with Crippen LogP contribution in [0.4, 0.5) is 11.4 Å². The summed E-state index contributed by atoms with van der Waals surface area (Å²) in [6.07, 6.45) is 0. The molecule has 0 unspecified atom stereocenters. The number of rotatable bonds is 5. The number of nitrogens with one attached hydrogen (secondary N) is 1. The molecule has 0 spiro atoms. The predicted octanol–water partition coefficient (Wildman–Crippen LogP) is 4.74. The summed E-state index contributed by atoms with van der Waals surface area (Å²) in [7, 11) is 1.65. The molecule has 0 radical (unpaired) electrons. The number of ether oxygens (including phenoxy) is 1. The predicted molar refractivity (Wildman–Crippen MR) is 88.8 cm³/mol. The number of anilines is 1. The van der Waals surface area contributed by atoms with Gasteiger partial charge in [-0.2, -0.15) is 0 Å². The maximum absolute atomic E-state index is 11.0. The summed E-state index contributed by atoms with van der Waals surface area (Å²) in [5, 5.41) is 13.9. The molecule has 2 aromatic carbocycles. The van der Waals surface area contributed by atoms with Crippen LogP contribution in [0.1, 0.15) is 5.56 Å². The van der Waals surface area contributed by atoms with E-state index in [0.717, 1.165) is 14.5 Å². The van der Waals surface area contributed by atoms with Crippen molar-refractivity contribution in [3.63, 3.8) is 0 Å². The van der Waals surface area contributed by atoms with Crippen molar-refractivity contribution in [1.29, 1.82) is 0 Å². The molecule has 0 aliphatic rings. The Labute approximate surface area is 138 Å². The van der Waals surface area contributed by atoms with Gasteiger partial charge >= 0.3 is 0 Å². The smallest absolute Gasteiger partial charge is 0.292 e. The van der Waals surface area contributed by atoms with Crippen LogP contribution in [0.2, 0.25) is 0 Å². The van der Waals surface area contributed by atoms with Crippen molar-refractivity contribution >= 4 is 43.2 Å². The van der Waals surface area contributed by atoms with E-state index < -0.39 is 4.92 Å². The number of nitro benzene ring substituents is 1. The van der Waals surface area contributed by atoms with E-state index in [1.165, 1.54) is 6.07 Å². The Balaban J connectivity index is 2.24. The van der Waals surface area contributed by atoms with E-state index in [1.807, 2.05) is 18.2 Å². The molecular weight excluding hydrogens is 404 g/mol. The minimum Gasteiger partial charge on any atom is -0.488 e. The fourth-order valence-corrected chi connectivity index (χ4v) is 3.06. The zero-order valence-electron chi connectivity index (χ0n) is 11.1. The molecule has 0 aliphatic carbocycles. The van der Waals surface area contributed by atoms with Crippen molar-refractivity contribution in [2.75, 3.05) is 12.4 Å². The SMILES string of the molecule is CNc1c(COc2ccc(Br)cc2Br)cccc1[N+](=O)[O-]. The highest BCUT2D eigenvalue weighted by atomic mass is 79.9. The molecule has 0 aliphatic heterocycles. The maximum Gasteiger partial charge on any atom is 0.292 e. The summed E-state index contributed by atoms with van der Waals surface area (Å²) < 4.78 is 7.48. The molecule has 21 heavy (non-hydrogen) atoms. The highest BCUT2D eigenvalue weighted by Gasteiger charge is 2.16. The maximum atomic E-state index is 11.0. The standard InChI is InChI=1S/C14H12Br2N2O3/c1-17-14-9(3-2-4-12(14)18(19)20)8-21-13-6-5-10(15)7-11(13)16/h2-7,17H,8H2,1H3. The second kappa shape index (κ2) is 6.91. The number of para-hydroxylation sites is 1. The molecule has 0 fully saturated rings. The van der Waals surface area contributed by atoms with Crippen molar-refractivity contribution in [3.8, 4) is 5.75 Å². The number of nitro groups is 1. The van der Waals surface area contributed by atoms with Gasteiger partial charge in [0.15, 0.2) is 0 Å². The minimum atomic E-state index is -0.412. The van der Waals surface area contributed by atoms with Gasteiger partial charge in [-0.15, -0.1) is 0 Å². The van der Waals surface area contributed by atoms with Crippen molar-refractivity contribution in [1.82, 2.24) is 0 Å². The second-order valence-corrected chi connectivity index (χ2v) is 5.95. The molecule has 110 valence electrons. The van der Waals surface area contributed by atoms with E-state index in [4.69, 9.17) is 4.74 Å². The Bertz CT molecular complexity index is 677. The molecule has 0 bridgehead atoms. The third-order valence-electron chi connectivity index (χ3n) is 2.85. The summed E-state index contributed by atoms with van der Waals surface area (Å²) in [5.74, 6) is 0.673. The van der Waals surface area contributed by atoms with Crippen molar-refractivity contribution < 1.29 is 9.66 Å². The number of benzene rings is 2. The van der Waals surface area contributed by atoms with Crippen LogP contribution >= 0.6 is 31.9 Å². The van der Waals surface area contributed by atoms with Crippen LogP contribution in [0.3, 0.4) is 0 Å². The second-order valence-electron chi connectivity index (χ2n) is 4.18. The first-order chi connectivity index (χ1) is 10.0. The summed E-state index contributed by atoms with van der Waals surface area (Å²) >= 11 is 6.79. The van der Waals surface area contributed by atoms with Gasteiger partial charge in [-0.1, -0.05) is 28.1 Å². The van der Waals surface area contributed by atoms with Crippen LogP contribution in [0.25, 0.3) is 0 Å². The lowest BCUT2D eigenvalue weighted by Gasteiger charge is -2.12. The Morgan fingerprint density at radius 1 is 1.29 bits per heavy atom. The van der Waals surface area contributed by atoms with E-state index >= 15 is 0 Å². The van der Waals surface area contributed by atoms with E-state index in [2.05, 4.69) is 37.2 Å². The van der Waals surface area contributed by atoms with E-state index in [-0.39, 0.29) is 12.3 Å². The summed E-state index contributed by atoms with van der Waals surface area (Å²) in [6.45, 7) is 0.234. The van der Waals surface area contributed by atoms with E-state index in [0.29, 0.717) is 11.4 Å². The molecule has 0 saturated carbocycles. The average Bonchev–Trinajstić information content (AvgIpc) is 2.45. The Morgan fingerprint density at radius 2 is 2.05 bits per heavy atom. The topological polar surface area (TPSA) is 64.4 Å². The normalized spacial score (nSPS) is 10.2. The minimum absolute atomic E-state index is 0.0356. The van der Waals surface area contributed by atoms with Gasteiger partial charge < -0.3 is 10.1 Å². The summed E-state index contributed by atoms with van der Waals surface area (Å²) in [5.41, 5.74) is 1.23. The Hall–Kier alpha value is -1.60. The molecule has 0 saturated heterocycles. The van der Waals surface area contributed by atoms with Crippen LogP contribution in [0.15, 0.2) is 45.3 Å². The lowest BCUT2D eigenvalue weighted by molar-refractivity contribution is -0.384. The number of hydrogen-bond acceptors (Lipinski definition) is 4. The molecule has 0 heterocycles. The van der Waals surface area contributed by atoms with Gasteiger partial charge in [-0.25, -0.2) is 0 Å². The van der Waals surface area contributed by atoms with Crippen LogP contribution in [-0.4, -0.2) is 12.0 Å². The zero-order valence-corrected chi connectivity index (χ0v) is 14.3. The molecule has 5 nitrogen and oxygen atoms in total. The number of halogens is 2. The highest BCUT2D eigenvalue weighted by Crippen LogP contribution is 2.31. The molecule has 0 atom stereocenters. The molecule has 2 rings (SSSR count). The third-order valence-corrected chi connectivity index (χ3v) is 3.97. The fraction of sp³-hybridized carbons (Fsp3) is 0.143. The van der Waals surface area contributed by atoms with Gasteiger partial charge in [-0.3, -0.25) is 10.1 Å². The van der Waals surface area contributed by atoms with Crippen LogP contribution in [-0.2, 0) is 6.61 Å². The quantitative estimate of drug-likeness (QED) is 0.565. The molecule has 0 aromatic heterocycles. The first-order valence-corrected chi connectivity index (χ1v) is 7.63. The Kier molecular flexibility index (Phi) is 5.19. The molecule has 2 aromatic rings. The van der Waals surface area contributed by atoms with Gasteiger partial charge in [0.2, 0.25) is 0 Å². The largest absolute Gasteiger partial charge is 0.488 e. The first-order valence-electron chi connectivity index (χ1n) is 6.05. The lowest BCUT2D eigenvalue weighted by atomic mass is 10.1. The number of hydrogen-bond donors (Lipinski definition) is 1. The third kappa shape index (κ3) is 3.74. The van der Waals surface area contributed by atoms with Gasteiger partial charge in [0.25, 0.3) is 5.69 Å². The van der Waals surface area contributed by atoms with Crippen LogP contribution < -0.4 is 10.1 Å². The summed E-state index contributed by atoms with van der Waals surface area (Å²) in [4.78, 5) is 10.6. The molecule has 1 N–H and O–H groups in total. The highest BCUT2D eigenvalue weighted by molar-refractivity contribution is 9.11. The van der Waals surface area contributed by atoms with Crippen LogP contribution in [0, 0.1) is 10.1 Å². The van der Waals surface area contributed by atoms with E-state index in [9.17, 15) is 10.1 Å². The Morgan fingerprint density at radius 3 is 2.67 bits per heavy atom. The lowest BCUT2D eigenvalue weighted by Crippen LogP contribution is -2.04. The molecular formula is C14H12Br2N2O3. The molecule has 0 amide bonds.